The maximum Gasteiger partial charge on any atom is 0.335 e. The van der Waals surface area contributed by atoms with Crippen LogP contribution in [0.3, 0.4) is 0 Å². The standard InChI is InChI=1S/C9H7F2NO/c10-9(11,6-12)5-7-2-1-3-8(13)4-7/h1-4,13H,5H2. The van der Waals surface area contributed by atoms with E-state index in [4.69, 9.17) is 10.4 Å². The molecule has 13 heavy (non-hydrogen) atoms. The van der Waals surface area contributed by atoms with Gasteiger partial charge in [0, 0.05) is 0 Å². The number of nitrogens with zero attached hydrogens (tertiary/aromatic N) is 1. The molecule has 0 saturated heterocycles. The van der Waals surface area contributed by atoms with Crippen LogP contribution in [-0.2, 0) is 6.42 Å². The Labute approximate surface area is 74.0 Å². The third-order valence-corrected chi connectivity index (χ3v) is 1.50. The van der Waals surface area contributed by atoms with Crippen molar-refractivity contribution in [3.8, 4) is 11.8 Å². The molecule has 0 heterocycles. The molecule has 0 aliphatic rings. The van der Waals surface area contributed by atoms with E-state index in [9.17, 15) is 8.78 Å². The van der Waals surface area contributed by atoms with Crippen LogP contribution in [0.15, 0.2) is 24.3 Å². The zero-order valence-corrected chi connectivity index (χ0v) is 6.67. The summed E-state index contributed by atoms with van der Waals surface area (Å²) in [6, 6.07) is 6.38. The summed E-state index contributed by atoms with van der Waals surface area (Å²) in [6.07, 6.45) is -0.669. The Morgan fingerprint density at radius 2 is 2.15 bits per heavy atom. The first-order chi connectivity index (χ1) is 6.03. The van der Waals surface area contributed by atoms with Gasteiger partial charge in [0.25, 0.3) is 0 Å². The molecule has 0 aliphatic carbocycles. The minimum atomic E-state index is -3.37. The van der Waals surface area contributed by atoms with Gasteiger partial charge < -0.3 is 5.11 Å². The highest BCUT2D eigenvalue weighted by molar-refractivity contribution is 5.28. The first-order valence-electron chi connectivity index (χ1n) is 3.60. The van der Waals surface area contributed by atoms with Gasteiger partial charge in [-0.1, -0.05) is 12.1 Å². The van der Waals surface area contributed by atoms with Gasteiger partial charge in [-0.3, -0.25) is 0 Å². The maximum atomic E-state index is 12.5. The monoisotopic (exact) mass is 183 g/mol. The molecule has 68 valence electrons. The largest absolute Gasteiger partial charge is 0.508 e. The van der Waals surface area contributed by atoms with Crippen molar-refractivity contribution in [2.24, 2.45) is 0 Å². The van der Waals surface area contributed by atoms with E-state index in [-0.39, 0.29) is 11.3 Å². The number of phenolic OH excluding ortho intramolecular Hbond substituents is 1. The Hall–Kier alpha value is -1.63. The molecular weight excluding hydrogens is 176 g/mol. The minimum absolute atomic E-state index is 0.0776. The summed E-state index contributed by atoms with van der Waals surface area (Å²) < 4.78 is 25.1. The van der Waals surface area contributed by atoms with Crippen molar-refractivity contribution in [2.75, 3.05) is 0 Å². The Morgan fingerprint density at radius 1 is 1.46 bits per heavy atom. The molecule has 1 N–H and O–H groups in total. The lowest BCUT2D eigenvalue weighted by atomic mass is 10.1. The van der Waals surface area contributed by atoms with Crippen molar-refractivity contribution in [1.29, 1.82) is 5.26 Å². The molecular formula is C9H7F2NO. The number of aromatic hydroxyl groups is 1. The van der Waals surface area contributed by atoms with Crippen LogP contribution in [0.5, 0.6) is 5.75 Å². The molecule has 0 radical (unpaired) electrons. The zero-order valence-electron chi connectivity index (χ0n) is 6.67. The second-order valence-electron chi connectivity index (χ2n) is 2.66. The van der Waals surface area contributed by atoms with Gasteiger partial charge in [0.2, 0.25) is 0 Å². The number of nitriles is 1. The maximum absolute atomic E-state index is 12.5. The van der Waals surface area contributed by atoms with Crippen LogP contribution >= 0.6 is 0 Å². The molecule has 0 bridgehead atoms. The lowest BCUT2D eigenvalue weighted by Crippen LogP contribution is -2.16. The van der Waals surface area contributed by atoms with E-state index in [1.54, 1.807) is 0 Å². The van der Waals surface area contributed by atoms with Gasteiger partial charge in [-0.05, 0) is 17.7 Å². The summed E-state index contributed by atoms with van der Waals surface area (Å²) in [5.74, 6) is -3.44. The van der Waals surface area contributed by atoms with E-state index < -0.39 is 12.3 Å². The van der Waals surface area contributed by atoms with Crippen LogP contribution in [0.4, 0.5) is 8.78 Å². The Bertz CT molecular complexity index is 344. The van der Waals surface area contributed by atoms with Crippen molar-refractivity contribution in [3.63, 3.8) is 0 Å². The van der Waals surface area contributed by atoms with Gasteiger partial charge in [0.05, 0.1) is 6.42 Å². The van der Waals surface area contributed by atoms with Crippen LogP contribution in [0, 0.1) is 11.3 Å². The van der Waals surface area contributed by atoms with Crippen LogP contribution in [0.2, 0.25) is 0 Å². The summed E-state index contributed by atoms with van der Waals surface area (Å²) in [7, 11) is 0. The van der Waals surface area contributed by atoms with Gasteiger partial charge in [-0.2, -0.15) is 14.0 Å². The zero-order chi connectivity index (χ0) is 9.90. The molecule has 0 spiro atoms. The molecule has 1 aromatic rings. The highest BCUT2D eigenvalue weighted by Crippen LogP contribution is 2.21. The number of hydrogen-bond acceptors (Lipinski definition) is 2. The molecule has 0 unspecified atom stereocenters. The summed E-state index contributed by atoms with van der Waals surface area (Å²) in [4.78, 5) is 0. The number of alkyl halides is 2. The lowest BCUT2D eigenvalue weighted by Gasteiger charge is -2.06. The fourth-order valence-electron chi connectivity index (χ4n) is 0.962. The normalized spacial score (nSPS) is 10.8. The molecule has 0 amide bonds. The molecule has 0 fully saturated rings. The van der Waals surface area contributed by atoms with Crippen molar-refractivity contribution >= 4 is 0 Å². The van der Waals surface area contributed by atoms with Gasteiger partial charge in [0.15, 0.2) is 0 Å². The highest BCUT2D eigenvalue weighted by Gasteiger charge is 2.28. The van der Waals surface area contributed by atoms with E-state index in [0.717, 1.165) is 6.07 Å². The summed E-state index contributed by atoms with van der Waals surface area (Å²) in [5, 5.41) is 17.0. The predicted molar refractivity (Wildman–Crippen MR) is 42.4 cm³/mol. The average Bonchev–Trinajstić information content (AvgIpc) is 2.03. The first-order valence-corrected chi connectivity index (χ1v) is 3.60. The lowest BCUT2D eigenvalue weighted by molar-refractivity contribution is 0.0645. The van der Waals surface area contributed by atoms with Gasteiger partial charge in [-0.15, -0.1) is 0 Å². The van der Waals surface area contributed by atoms with Crippen molar-refractivity contribution in [1.82, 2.24) is 0 Å². The third-order valence-electron chi connectivity index (χ3n) is 1.50. The molecule has 1 aromatic carbocycles. The predicted octanol–water partition coefficient (Wildman–Crippen LogP) is 2.09. The van der Waals surface area contributed by atoms with E-state index in [2.05, 4.69) is 0 Å². The van der Waals surface area contributed by atoms with Gasteiger partial charge in [-0.25, -0.2) is 0 Å². The van der Waals surface area contributed by atoms with Crippen molar-refractivity contribution in [3.05, 3.63) is 29.8 Å². The SMILES string of the molecule is N#CC(F)(F)Cc1cccc(O)c1. The van der Waals surface area contributed by atoms with Crippen LogP contribution < -0.4 is 0 Å². The molecule has 4 heteroatoms. The molecule has 0 saturated carbocycles. The van der Waals surface area contributed by atoms with Crippen LogP contribution in [0.25, 0.3) is 0 Å². The van der Waals surface area contributed by atoms with Crippen LogP contribution in [0.1, 0.15) is 5.56 Å². The first kappa shape index (κ1) is 9.46. The number of halogens is 2. The summed E-state index contributed by atoms with van der Waals surface area (Å²) in [6.45, 7) is 0. The fourth-order valence-corrected chi connectivity index (χ4v) is 0.962. The fraction of sp³-hybridized carbons (Fsp3) is 0.222. The molecule has 2 nitrogen and oxygen atoms in total. The second kappa shape index (κ2) is 3.40. The number of benzene rings is 1. The number of phenols is 1. The minimum Gasteiger partial charge on any atom is -0.508 e. The van der Waals surface area contributed by atoms with E-state index >= 15 is 0 Å². The Morgan fingerprint density at radius 3 is 2.69 bits per heavy atom. The third kappa shape index (κ3) is 2.71. The Balaban J connectivity index is 2.82. The van der Waals surface area contributed by atoms with E-state index in [1.165, 1.54) is 24.3 Å². The van der Waals surface area contributed by atoms with E-state index in [1.807, 2.05) is 0 Å². The smallest absolute Gasteiger partial charge is 0.335 e. The highest BCUT2D eigenvalue weighted by atomic mass is 19.3. The summed E-state index contributed by atoms with van der Waals surface area (Å²) >= 11 is 0. The topological polar surface area (TPSA) is 44.0 Å². The van der Waals surface area contributed by atoms with Crippen molar-refractivity contribution in [2.45, 2.75) is 12.3 Å². The molecule has 0 atom stereocenters. The van der Waals surface area contributed by atoms with Crippen LogP contribution in [-0.4, -0.2) is 11.0 Å². The molecule has 0 aromatic heterocycles. The molecule has 1 rings (SSSR count). The summed E-state index contributed by atoms with van der Waals surface area (Å²) in [5.41, 5.74) is 0.242. The Kier molecular flexibility index (Phi) is 2.47. The molecule has 0 aliphatic heterocycles. The average molecular weight is 183 g/mol. The van der Waals surface area contributed by atoms with Gasteiger partial charge in [0.1, 0.15) is 11.8 Å². The quantitative estimate of drug-likeness (QED) is 0.762. The second-order valence-corrected chi connectivity index (χ2v) is 2.66. The van der Waals surface area contributed by atoms with Crippen molar-refractivity contribution < 1.29 is 13.9 Å². The number of rotatable bonds is 2. The van der Waals surface area contributed by atoms with E-state index in [0.29, 0.717) is 0 Å². The number of hydrogen-bond donors (Lipinski definition) is 1. The van der Waals surface area contributed by atoms with Gasteiger partial charge >= 0.3 is 5.92 Å².